The Kier molecular flexibility index (Phi) is 13.2. The minimum Gasteiger partial charge on any atom is -0.354 e. The monoisotopic (exact) mass is 389 g/mol. The zero-order valence-corrected chi connectivity index (χ0v) is 17.9. The van der Waals surface area contributed by atoms with Gasteiger partial charge in [-0.05, 0) is 0 Å². The third kappa shape index (κ3) is 13.9. The third-order valence-electron chi connectivity index (χ3n) is 3.76. The normalized spacial score (nSPS) is 11.1. The van der Waals surface area contributed by atoms with Crippen LogP contribution >= 0.6 is 11.8 Å². The number of nitrogens with one attached hydrogen (secondary N) is 2. The van der Waals surface area contributed by atoms with Crippen molar-refractivity contribution in [3.05, 3.63) is 0 Å². The molecule has 0 atom stereocenters. The lowest BCUT2D eigenvalue weighted by Crippen LogP contribution is -2.41. The van der Waals surface area contributed by atoms with Crippen LogP contribution in [0, 0.1) is 0 Å². The lowest BCUT2D eigenvalue weighted by atomic mass is 10.3. The maximum absolute atomic E-state index is 12.0. The minimum atomic E-state index is -0.000421. The summed E-state index contributed by atoms with van der Waals surface area (Å²) in [5.41, 5.74) is 0. The molecule has 152 valence electrons. The first-order valence-corrected chi connectivity index (χ1v) is 10.5. The van der Waals surface area contributed by atoms with Gasteiger partial charge in [0.15, 0.2) is 0 Å². The van der Waals surface area contributed by atoms with Gasteiger partial charge in [0.2, 0.25) is 17.7 Å². The maximum Gasteiger partial charge on any atom is 0.222 e. The fourth-order valence-corrected chi connectivity index (χ4v) is 2.98. The van der Waals surface area contributed by atoms with Crippen LogP contribution in [0.1, 0.15) is 33.1 Å². The Hall–Kier alpha value is -1.28. The molecule has 0 radical (unpaired) electrons. The summed E-state index contributed by atoms with van der Waals surface area (Å²) in [5.74, 6) is 1.71. The molecule has 0 aliphatic rings. The number of carbonyl (C=O) groups is 3. The van der Waals surface area contributed by atoms with Crippen molar-refractivity contribution in [2.24, 2.45) is 0 Å². The third-order valence-corrected chi connectivity index (χ3v) is 4.73. The van der Waals surface area contributed by atoms with Crippen LogP contribution in [0.25, 0.3) is 0 Å². The second kappa shape index (κ2) is 13.9. The van der Waals surface area contributed by atoms with Crippen molar-refractivity contribution in [3.63, 3.8) is 0 Å². The van der Waals surface area contributed by atoms with Crippen LogP contribution in [0.15, 0.2) is 0 Å². The van der Waals surface area contributed by atoms with E-state index in [-0.39, 0.29) is 17.7 Å². The topological polar surface area (TPSA) is 78.5 Å². The first-order valence-electron chi connectivity index (χ1n) is 9.39. The molecule has 0 aromatic heterocycles. The molecule has 26 heavy (non-hydrogen) atoms. The highest BCUT2D eigenvalue weighted by atomic mass is 32.2. The van der Waals surface area contributed by atoms with Gasteiger partial charge < -0.3 is 20.0 Å². The van der Waals surface area contributed by atoms with Crippen LogP contribution in [0.3, 0.4) is 0 Å². The second-order valence-electron chi connectivity index (χ2n) is 7.16. The second-order valence-corrected chi connectivity index (χ2v) is 8.39. The molecule has 3 amide bonds. The standard InChI is InChI=1S/C18H36N4O3S/c1-6-16(23)19-9-11-21(18(25)7-2)12-15-26-14-8-17(24)20-10-13-22(3,4)5/h6-15H2,1-5H3,(H-,19,20,23,24)/p+1. The van der Waals surface area contributed by atoms with E-state index < -0.39 is 0 Å². The van der Waals surface area contributed by atoms with E-state index in [1.165, 1.54) is 0 Å². The molecule has 8 heteroatoms. The van der Waals surface area contributed by atoms with E-state index in [1.54, 1.807) is 23.6 Å². The van der Waals surface area contributed by atoms with Gasteiger partial charge in [0.1, 0.15) is 0 Å². The molecular formula is C18H37N4O3S+. The number of rotatable bonds is 14. The molecule has 0 spiro atoms. The zero-order valence-electron chi connectivity index (χ0n) is 17.1. The van der Waals surface area contributed by atoms with Crippen LogP contribution in [0.5, 0.6) is 0 Å². The number of amides is 3. The number of hydrogen-bond acceptors (Lipinski definition) is 4. The van der Waals surface area contributed by atoms with E-state index in [9.17, 15) is 14.4 Å². The molecule has 0 heterocycles. The molecular weight excluding hydrogens is 352 g/mol. The SMILES string of the molecule is CCC(=O)NCCN(CCSCCC(=O)NCC[N+](C)(C)C)C(=O)CC. The summed E-state index contributed by atoms with van der Waals surface area (Å²) in [7, 11) is 6.29. The van der Waals surface area contributed by atoms with Gasteiger partial charge >= 0.3 is 0 Å². The number of hydrogen-bond donors (Lipinski definition) is 2. The number of likely N-dealkylation sites (N-methyl/N-ethyl adjacent to an activating group) is 1. The number of nitrogens with zero attached hydrogens (tertiary/aromatic N) is 2. The van der Waals surface area contributed by atoms with Gasteiger partial charge in [0.25, 0.3) is 0 Å². The van der Waals surface area contributed by atoms with Gasteiger partial charge in [0.05, 0.1) is 34.2 Å². The average Bonchev–Trinajstić information content (AvgIpc) is 2.57. The van der Waals surface area contributed by atoms with Crippen LogP contribution in [-0.2, 0) is 14.4 Å². The van der Waals surface area contributed by atoms with Crippen LogP contribution in [0.2, 0.25) is 0 Å². The lowest BCUT2D eigenvalue weighted by Gasteiger charge is -2.23. The van der Waals surface area contributed by atoms with Gasteiger partial charge in [0, 0.05) is 50.4 Å². The predicted octanol–water partition coefficient (Wildman–Crippen LogP) is 0.697. The summed E-state index contributed by atoms with van der Waals surface area (Å²) in [6, 6.07) is 0. The van der Waals surface area contributed by atoms with Crippen molar-refractivity contribution in [1.82, 2.24) is 15.5 Å². The molecule has 0 fully saturated rings. The first kappa shape index (κ1) is 24.7. The molecule has 0 unspecified atom stereocenters. The molecule has 0 aliphatic carbocycles. The zero-order chi connectivity index (χ0) is 20.0. The predicted molar refractivity (Wildman–Crippen MR) is 108 cm³/mol. The van der Waals surface area contributed by atoms with E-state index in [0.717, 1.165) is 22.5 Å². The van der Waals surface area contributed by atoms with Crippen molar-refractivity contribution in [2.45, 2.75) is 33.1 Å². The summed E-state index contributed by atoms with van der Waals surface area (Å²) >= 11 is 1.68. The average molecular weight is 390 g/mol. The Labute approximate surface area is 162 Å². The Morgan fingerprint density at radius 3 is 2.12 bits per heavy atom. The van der Waals surface area contributed by atoms with Gasteiger partial charge in [-0.25, -0.2) is 0 Å². The first-order chi connectivity index (χ1) is 12.2. The number of thioether (sulfide) groups is 1. The largest absolute Gasteiger partial charge is 0.354 e. The van der Waals surface area contributed by atoms with Gasteiger partial charge in [-0.2, -0.15) is 11.8 Å². The fraction of sp³-hybridized carbons (Fsp3) is 0.833. The highest BCUT2D eigenvalue weighted by Gasteiger charge is 2.12. The van der Waals surface area contributed by atoms with Crippen LogP contribution in [0.4, 0.5) is 0 Å². The van der Waals surface area contributed by atoms with Crippen molar-refractivity contribution in [2.75, 3.05) is 65.4 Å². The molecule has 0 saturated heterocycles. The van der Waals surface area contributed by atoms with Crippen molar-refractivity contribution in [3.8, 4) is 0 Å². The van der Waals surface area contributed by atoms with E-state index in [4.69, 9.17) is 0 Å². The molecule has 0 rings (SSSR count). The quantitative estimate of drug-likeness (QED) is 0.339. The van der Waals surface area contributed by atoms with E-state index in [2.05, 4.69) is 31.8 Å². The molecule has 2 N–H and O–H groups in total. The van der Waals surface area contributed by atoms with Gasteiger partial charge in [-0.3, -0.25) is 14.4 Å². The molecule has 0 saturated carbocycles. The summed E-state index contributed by atoms with van der Waals surface area (Å²) in [5, 5.41) is 5.73. The van der Waals surface area contributed by atoms with Crippen LogP contribution < -0.4 is 10.6 Å². The summed E-state index contributed by atoms with van der Waals surface area (Å²) in [4.78, 5) is 36.8. The van der Waals surface area contributed by atoms with Crippen molar-refractivity contribution < 1.29 is 18.9 Å². The highest BCUT2D eigenvalue weighted by molar-refractivity contribution is 7.99. The Morgan fingerprint density at radius 2 is 1.54 bits per heavy atom. The van der Waals surface area contributed by atoms with Gasteiger partial charge in [-0.1, -0.05) is 13.8 Å². The molecule has 0 aromatic rings. The maximum atomic E-state index is 12.0. The molecule has 7 nitrogen and oxygen atoms in total. The molecule has 0 aromatic carbocycles. The minimum absolute atomic E-state index is 0.000421. The lowest BCUT2D eigenvalue weighted by molar-refractivity contribution is -0.869. The Bertz CT molecular complexity index is 439. The Morgan fingerprint density at radius 1 is 0.885 bits per heavy atom. The highest BCUT2D eigenvalue weighted by Crippen LogP contribution is 2.05. The van der Waals surface area contributed by atoms with Crippen molar-refractivity contribution in [1.29, 1.82) is 0 Å². The van der Waals surface area contributed by atoms with E-state index in [1.807, 2.05) is 6.92 Å². The summed E-state index contributed by atoms with van der Waals surface area (Å²) < 4.78 is 0.828. The van der Waals surface area contributed by atoms with Crippen LogP contribution in [-0.4, -0.2) is 92.5 Å². The number of carbonyl (C=O) groups excluding carboxylic acids is 3. The fourth-order valence-electron chi connectivity index (χ4n) is 2.10. The smallest absolute Gasteiger partial charge is 0.222 e. The van der Waals surface area contributed by atoms with E-state index >= 15 is 0 Å². The molecule has 0 bridgehead atoms. The summed E-state index contributed by atoms with van der Waals surface area (Å²) in [6.07, 6.45) is 1.41. The van der Waals surface area contributed by atoms with E-state index in [0.29, 0.717) is 45.4 Å². The van der Waals surface area contributed by atoms with Gasteiger partial charge in [-0.15, -0.1) is 0 Å². The molecule has 0 aliphatic heterocycles. The Balaban J connectivity index is 3.92. The summed E-state index contributed by atoms with van der Waals surface area (Å²) in [6.45, 7) is 6.90. The number of quaternary nitrogens is 1. The van der Waals surface area contributed by atoms with Crippen molar-refractivity contribution >= 4 is 29.5 Å².